The Morgan fingerprint density at radius 3 is 2.69 bits per heavy atom. The van der Waals surface area contributed by atoms with Gasteiger partial charge in [0.1, 0.15) is 5.75 Å². The monoisotopic (exact) mass is 533 g/mol. The lowest BCUT2D eigenvalue weighted by molar-refractivity contribution is 0.0975. The van der Waals surface area contributed by atoms with E-state index in [1.165, 1.54) is 7.11 Å². The molecule has 3 aromatic carbocycles. The number of hydrogen-bond acceptors (Lipinski definition) is 5. The number of para-hydroxylation sites is 1. The van der Waals surface area contributed by atoms with Gasteiger partial charge in [-0.1, -0.05) is 41.9 Å². The van der Waals surface area contributed by atoms with Gasteiger partial charge in [-0.25, -0.2) is 0 Å². The van der Waals surface area contributed by atoms with Crippen molar-refractivity contribution in [3.63, 3.8) is 0 Å². The van der Waals surface area contributed by atoms with E-state index >= 15 is 0 Å². The molecule has 0 atom stereocenters. The van der Waals surface area contributed by atoms with E-state index in [1.807, 2.05) is 42.5 Å². The van der Waals surface area contributed by atoms with Crippen molar-refractivity contribution in [3.05, 3.63) is 63.6 Å². The number of benzene rings is 3. The van der Waals surface area contributed by atoms with E-state index in [-0.39, 0.29) is 11.0 Å². The van der Waals surface area contributed by atoms with Gasteiger partial charge in [0.05, 0.1) is 46.8 Å². The van der Waals surface area contributed by atoms with Gasteiger partial charge in [-0.05, 0) is 57.1 Å². The molecular formula is C23H21BrClN3O3S. The van der Waals surface area contributed by atoms with Crippen LogP contribution in [-0.4, -0.2) is 44.4 Å². The summed E-state index contributed by atoms with van der Waals surface area (Å²) >= 11 is 15.5. The van der Waals surface area contributed by atoms with Gasteiger partial charge in [-0.2, -0.15) is 0 Å². The average Bonchev–Trinajstić information content (AvgIpc) is 2.79. The van der Waals surface area contributed by atoms with Gasteiger partial charge in [0.2, 0.25) is 0 Å². The highest BCUT2D eigenvalue weighted by Crippen LogP contribution is 2.37. The number of hydrogen-bond donors (Lipinski definition) is 2. The van der Waals surface area contributed by atoms with Gasteiger partial charge in [-0.3, -0.25) is 10.1 Å². The second-order valence-corrected chi connectivity index (χ2v) is 8.74. The van der Waals surface area contributed by atoms with E-state index < -0.39 is 0 Å². The van der Waals surface area contributed by atoms with Crippen molar-refractivity contribution in [2.75, 3.05) is 43.6 Å². The zero-order chi connectivity index (χ0) is 22.7. The minimum atomic E-state index is -0.374. The fourth-order valence-electron chi connectivity index (χ4n) is 3.70. The van der Waals surface area contributed by atoms with Crippen LogP contribution < -0.4 is 20.3 Å². The Balaban J connectivity index is 1.57. The number of nitrogens with zero attached hydrogens (tertiary/aromatic N) is 1. The third kappa shape index (κ3) is 4.68. The number of nitrogens with one attached hydrogen (secondary N) is 2. The molecule has 0 unspecified atom stereocenters. The normalized spacial score (nSPS) is 13.7. The number of methoxy groups -OCH3 is 1. The van der Waals surface area contributed by atoms with E-state index in [4.69, 9.17) is 33.3 Å². The molecule has 1 fully saturated rings. The van der Waals surface area contributed by atoms with Crippen LogP contribution >= 0.6 is 39.7 Å². The van der Waals surface area contributed by atoms with Crippen molar-refractivity contribution in [2.45, 2.75) is 0 Å². The molecule has 1 aliphatic heterocycles. The number of morpholine rings is 1. The molecule has 6 nitrogen and oxygen atoms in total. The van der Waals surface area contributed by atoms with E-state index in [9.17, 15) is 4.79 Å². The minimum absolute atomic E-state index is 0.165. The largest absolute Gasteiger partial charge is 0.495 e. The van der Waals surface area contributed by atoms with Crippen LogP contribution in [-0.2, 0) is 4.74 Å². The number of anilines is 2. The van der Waals surface area contributed by atoms with Crippen molar-refractivity contribution in [3.8, 4) is 5.75 Å². The van der Waals surface area contributed by atoms with E-state index in [1.54, 1.807) is 6.07 Å². The van der Waals surface area contributed by atoms with E-state index in [2.05, 4.69) is 31.5 Å². The molecule has 166 valence electrons. The Morgan fingerprint density at radius 2 is 1.94 bits per heavy atom. The number of rotatable bonds is 4. The van der Waals surface area contributed by atoms with Gasteiger partial charge in [0.25, 0.3) is 5.91 Å². The smallest absolute Gasteiger partial charge is 0.261 e. The Labute approximate surface area is 204 Å². The molecule has 0 aromatic heterocycles. The first kappa shape index (κ1) is 22.8. The first-order valence-corrected chi connectivity index (χ1v) is 11.6. The molecule has 9 heteroatoms. The molecule has 1 heterocycles. The lowest BCUT2D eigenvalue weighted by atomic mass is 10.1. The van der Waals surface area contributed by atoms with Gasteiger partial charge < -0.3 is 19.7 Å². The van der Waals surface area contributed by atoms with Crippen molar-refractivity contribution in [1.82, 2.24) is 5.32 Å². The summed E-state index contributed by atoms with van der Waals surface area (Å²) < 4.78 is 11.7. The van der Waals surface area contributed by atoms with Crippen LogP contribution in [0.2, 0.25) is 5.02 Å². The predicted molar refractivity (Wildman–Crippen MR) is 136 cm³/mol. The van der Waals surface area contributed by atoms with E-state index in [0.29, 0.717) is 34.0 Å². The number of carbonyl (C=O) groups excluding carboxylic acids is 1. The van der Waals surface area contributed by atoms with Crippen molar-refractivity contribution >= 4 is 72.9 Å². The molecule has 0 spiro atoms. The summed E-state index contributed by atoms with van der Waals surface area (Å²) in [5, 5.41) is 8.51. The van der Waals surface area contributed by atoms with Gasteiger partial charge in [0.15, 0.2) is 5.11 Å². The quantitative estimate of drug-likeness (QED) is 0.447. The van der Waals surface area contributed by atoms with Gasteiger partial charge >= 0.3 is 0 Å². The standard InChI is InChI=1S/C23H21BrClN3O3S/c1-30-21-16(13-14-5-2-3-6-15(14)19(21)24)22(29)27-23(32)26-18-8-4-7-17(25)20(18)28-9-11-31-12-10-28/h2-8,13H,9-12H2,1H3,(H2,26,27,29,32). The summed E-state index contributed by atoms with van der Waals surface area (Å²) in [5.41, 5.74) is 1.93. The van der Waals surface area contributed by atoms with Crippen molar-refractivity contribution in [2.24, 2.45) is 0 Å². The summed E-state index contributed by atoms with van der Waals surface area (Å²) in [4.78, 5) is 15.2. The predicted octanol–water partition coefficient (Wildman–Crippen LogP) is 5.23. The molecule has 2 N–H and O–H groups in total. The Morgan fingerprint density at radius 1 is 1.19 bits per heavy atom. The highest BCUT2D eigenvalue weighted by atomic mass is 79.9. The number of amides is 1. The number of carbonyl (C=O) groups is 1. The maximum atomic E-state index is 13.1. The third-order valence-electron chi connectivity index (χ3n) is 5.18. The number of thiocarbonyl (C=S) groups is 1. The molecule has 1 aliphatic rings. The second kappa shape index (κ2) is 10.0. The fourth-order valence-corrected chi connectivity index (χ4v) is 4.93. The highest BCUT2D eigenvalue weighted by Gasteiger charge is 2.21. The fraction of sp³-hybridized carbons (Fsp3) is 0.217. The molecule has 0 saturated carbocycles. The Kier molecular flexibility index (Phi) is 7.15. The Hall–Kier alpha value is -2.39. The Bertz CT molecular complexity index is 1180. The zero-order valence-corrected chi connectivity index (χ0v) is 20.4. The van der Waals surface area contributed by atoms with Crippen LogP contribution in [0.4, 0.5) is 11.4 Å². The summed E-state index contributed by atoms with van der Waals surface area (Å²) in [6.07, 6.45) is 0. The number of fused-ring (bicyclic) bond motifs is 1. The third-order valence-corrected chi connectivity index (χ3v) is 6.48. The molecule has 0 aliphatic carbocycles. The highest BCUT2D eigenvalue weighted by molar-refractivity contribution is 9.10. The zero-order valence-electron chi connectivity index (χ0n) is 17.3. The SMILES string of the molecule is COc1c(C(=O)NC(=S)Nc2cccc(Cl)c2N2CCOCC2)cc2ccccc2c1Br. The molecule has 1 saturated heterocycles. The maximum absolute atomic E-state index is 13.1. The maximum Gasteiger partial charge on any atom is 0.261 e. The second-order valence-electron chi connectivity index (χ2n) is 7.14. The summed E-state index contributed by atoms with van der Waals surface area (Å²) in [6, 6.07) is 15.1. The van der Waals surface area contributed by atoms with Crippen LogP contribution in [0.25, 0.3) is 10.8 Å². The first-order chi connectivity index (χ1) is 15.5. The number of halogens is 2. The first-order valence-electron chi connectivity index (χ1n) is 9.98. The summed E-state index contributed by atoms with van der Waals surface area (Å²) in [5.74, 6) is 0.0708. The van der Waals surface area contributed by atoms with Gasteiger partial charge in [-0.15, -0.1) is 0 Å². The molecule has 3 aromatic rings. The summed E-state index contributed by atoms with van der Waals surface area (Å²) in [6.45, 7) is 2.70. The minimum Gasteiger partial charge on any atom is -0.495 e. The molecule has 4 rings (SSSR count). The van der Waals surface area contributed by atoms with Crippen LogP contribution in [0.1, 0.15) is 10.4 Å². The molecule has 0 radical (unpaired) electrons. The lowest BCUT2D eigenvalue weighted by Crippen LogP contribution is -2.38. The van der Waals surface area contributed by atoms with Gasteiger partial charge in [0, 0.05) is 13.1 Å². The van der Waals surface area contributed by atoms with Crippen molar-refractivity contribution < 1.29 is 14.3 Å². The number of ether oxygens (including phenoxy) is 2. The van der Waals surface area contributed by atoms with Crippen LogP contribution in [0.5, 0.6) is 5.75 Å². The van der Waals surface area contributed by atoms with Crippen LogP contribution in [0, 0.1) is 0 Å². The average molecular weight is 535 g/mol. The molecule has 32 heavy (non-hydrogen) atoms. The molecular weight excluding hydrogens is 514 g/mol. The lowest BCUT2D eigenvalue weighted by Gasteiger charge is -2.31. The summed E-state index contributed by atoms with van der Waals surface area (Å²) in [7, 11) is 1.53. The van der Waals surface area contributed by atoms with Crippen molar-refractivity contribution in [1.29, 1.82) is 0 Å². The van der Waals surface area contributed by atoms with Crippen LogP contribution in [0.3, 0.4) is 0 Å². The molecule has 1 amide bonds. The van der Waals surface area contributed by atoms with Crippen LogP contribution in [0.15, 0.2) is 53.0 Å². The van der Waals surface area contributed by atoms with E-state index in [0.717, 1.165) is 35.2 Å². The topological polar surface area (TPSA) is 62.8 Å². The molecule has 0 bridgehead atoms.